The monoisotopic (exact) mass is 274 g/mol. The molecular formula is C10H10O7S. The number of ether oxygens (including phenoxy) is 2. The van der Waals surface area contributed by atoms with Crippen LogP contribution in [0.4, 0.5) is 0 Å². The van der Waals surface area contributed by atoms with Crippen LogP contribution in [0.25, 0.3) is 0 Å². The standard InChI is InChI=1S/C10H10O7S/c1-16-9(11)6-4-3-5-7(10(12)17-2)8(6)18(13,14)15/h3-5H,1-2H3,(H,13,14,15). The lowest BCUT2D eigenvalue weighted by Crippen LogP contribution is -2.16. The van der Waals surface area contributed by atoms with Crippen LogP contribution >= 0.6 is 0 Å². The Morgan fingerprint density at radius 2 is 1.44 bits per heavy atom. The third-order valence-corrected chi connectivity index (χ3v) is 3.04. The van der Waals surface area contributed by atoms with Crippen LogP contribution in [0, 0.1) is 0 Å². The molecule has 1 aromatic carbocycles. The van der Waals surface area contributed by atoms with Crippen LogP contribution < -0.4 is 0 Å². The maximum Gasteiger partial charge on any atom is 0.339 e. The molecule has 0 aliphatic heterocycles. The summed E-state index contributed by atoms with van der Waals surface area (Å²) in [4.78, 5) is 22.0. The van der Waals surface area contributed by atoms with E-state index in [0.29, 0.717) is 0 Å². The number of methoxy groups -OCH3 is 2. The summed E-state index contributed by atoms with van der Waals surface area (Å²) in [6, 6.07) is 3.50. The summed E-state index contributed by atoms with van der Waals surface area (Å²) in [5.41, 5.74) is -0.884. The summed E-state index contributed by atoms with van der Waals surface area (Å²) in [5.74, 6) is -1.98. The van der Waals surface area contributed by atoms with Crippen molar-refractivity contribution in [1.29, 1.82) is 0 Å². The summed E-state index contributed by atoms with van der Waals surface area (Å²) >= 11 is 0. The summed E-state index contributed by atoms with van der Waals surface area (Å²) in [7, 11) is -2.69. The van der Waals surface area contributed by atoms with Crippen LogP contribution in [0.2, 0.25) is 0 Å². The van der Waals surface area contributed by atoms with Gasteiger partial charge in [-0.3, -0.25) is 4.55 Å². The van der Waals surface area contributed by atoms with E-state index in [2.05, 4.69) is 9.47 Å². The zero-order valence-electron chi connectivity index (χ0n) is 9.54. The lowest BCUT2D eigenvalue weighted by Gasteiger charge is -2.09. The van der Waals surface area contributed by atoms with Crippen molar-refractivity contribution in [2.24, 2.45) is 0 Å². The Morgan fingerprint density at radius 3 is 1.72 bits per heavy atom. The van der Waals surface area contributed by atoms with Crippen LogP contribution in [0.15, 0.2) is 23.1 Å². The third-order valence-electron chi connectivity index (χ3n) is 2.08. The fourth-order valence-electron chi connectivity index (χ4n) is 1.36. The molecule has 0 saturated heterocycles. The van der Waals surface area contributed by atoms with Crippen molar-refractivity contribution in [3.8, 4) is 0 Å². The highest BCUT2D eigenvalue weighted by Gasteiger charge is 2.28. The molecule has 0 saturated carbocycles. The van der Waals surface area contributed by atoms with Gasteiger partial charge in [0.25, 0.3) is 10.1 Å². The van der Waals surface area contributed by atoms with Crippen LogP contribution in [-0.2, 0) is 19.6 Å². The molecule has 0 aromatic heterocycles. The fraction of sp³-hybridized carbons (Fsp3) is 0.200. The molecule has 18 heavy (non-hydrogen) atoms. The van der Waals surface area contributed by atoms with Crippen LogP contribution in [-0.4, -0.2) is 39.1 Å². The number of rotatable bonds is 3. The highest BCUT2D eigenvalue weighted by Crippen LogP contribution is 2.22. The number of carbonyl (C=O) groups is 2. The van der Waals surface area contributed by atoms with Crippen molar-refractivity contribution in [3.05, 3.63) is 29.3 Å². The molecule has 0 aliphatic rings. The summed E-state index contributed by atoms with van der Waals surface area (Å²) < 4.78 is 40.4. The second-order valence-corrected chi connectivity index (χ2v) is 4.50. The van der Waals surface area contributed by atoms with Gasteiger partial charge in [0.2, 0.25) is 0 Å². The predicted octanol–water partition coefficient (Wildman–Crippen LogP) is 0.506. The molecule has 1 rings (SSSR count). The Labute approximate surface area is 103 Å². The van der Waals surface area contributed by atoms with Gasteiger partial charge in [-0.1, -0.05) is 6.07 Å². The molecule has 1 N–H and O–H groups in total. The van der Waals surface area contributed by atoms with E-state index in [1.807, 2.05) is 0 Å². The van der Waals surface area contributed by atoms with Gasteiger partial charge in [0.05, 0.1) is 25.3 Å². The maximum atomic E-state index is 11.4. The van der Waals surface area contributed by atoms with Gasteiger partial charge in [-0.2, -0.15) is 8.42 Å². The molecule has 0 bridgehead atoms. The van der Waals surface area contributed by atoms with Gasteiger partial charge in [-0.05, 0) is 12.1 Å². The van der Waals surface area contributed by atoms with Gasteiger partial charge in [-0.25, -0.2) is 9.59 Å². The number of hydrogen-bond acceptors (Lipinski definition) is 6. The van der Waals surface area contributed by atoms with Crippen molar-refractivity contribution in [3.63, 3.8) is 0 Å². The first-order chi connectivity index (χ1) is 8.32. The lowest BCUT2D eigenvalue weighted by molar-refractivity contribution is 0.0589. The molecule has 0 atom stereocenters. The zero-order valence-corrected chi connectivity index (χ0v) is 10.4. The Kier molecular flexibility index (Phi) is 4.04. The number of carbonyl (C=O) groups excluding carboxylic acids is 2. The van der Waals surface area contributed by atoms with Crippen molar-refractivity contribution in [1.82, 2.24) is 0 Å². The Hall–Kier alpha value is -1.93. The van der Waals surface area contributed by atoms with Crippen LogP contribution in [0.1, 0.15) is 20.7 Å². The zero-order chi connectivity index (χ0) is 13.9. The van der Waals surface area contributed by atoms with Gasteiger partial charge >= 0.3 is 11.9 Å². The first-order valence-electron chi connectivity index (χ1n) is 4.60. The molecule has 7 nitrogen and oxygen atoms in total. The SMILES string of the molecule is COC(=O)c1cccc(C(=O)OC)c1S(=O)(=O)O. The van der Waals surface area contributed by atoms with E-state index in [-0.39, 0.29) is 0 Å². The summed E-state index contributed by atoms with van der Waals surface area (Å²) in [6.07, 6.45) is 0. The lowest BCUT2D eigenvalue weighted by atomic mass is 10.1. The number of hydrogen-bond donors (Lipinski definition) is 1. The van der Waals surface area contributed by atoms with Crippen molar-refractivity contribution >= 4 is 22.1 Å². The Morgan fingerprint density at radius 1 is 1.06 bits per heavy atom. The molecule has 8 heteroatoms. The van der Waals surface area contributed by atoms with E-state index in [9.17, 15) is 18.0 Å². The first-order valence-corrected chi connectivity index (χ1v) is 6.04. The predicted molar refractivity (Wildman–Crippen MR) is 58.9 cm³/mol. The van der Waals surface area contributed by atoms with Gasteiger partial charge < -0.3 is 9.47 Å². The Bertz CT molecular complexity index is 554. The molecule has 1 aromatic rings. The topological polar surface area (TPSA) is 107 Å². The smallest absolute Gasteiger partial charge is 0.339 e. The van der Waals surface area contributed by atoms with Gasteiger partial charge in [-0.15, -0.1) is 0 Å². The minimum Gasteiger partial charge on any atom is -0.465 e. The summed E-state index contributed by atoms with van der Waals surface area (Å²) in [5, 5.41) is 0. The second kappa shape index (κ2) is 5.15. The molecule has 0 spiro atoms. The fourth-order valence-corrected chi connectivity index (χ4v) is 2.21. The highest BCUT2D eigenvalue weighted by molar-refractivity contribution is 7.86. The van der Waals surface area contributed by atoms with E-state index >= 15 is 0 Å². The van der Waals surface area contributed by atoms with E-state index in [1.165, 1.54) is 6.07 Å². The number of benzene rings is 1. The van der Waals surface area contributed by atoms with Crippen molar-refractivity contribution in [2.75, 3.05) is 14.2 Å². The molecule has 98 valence electrons. The first kappa shape index (κ1) is 14.1. The quantitative estimate of drug-likeness (QED) is 0.631. The van der Waals surface area contributed by atoms with Crippen molar-refractivity contribution < 1.29 is 32.0 Å². The van der Waals surface area contributed by atoms with Crippen LogP contribution in [0.3, 0.4) is 0 Å². The van der Waals surface area contributed by atoms with Gasteiger partial charge in [0.15, 0.2) is 0 Å². The van der Waals surface area contributed by atoms with E-state index in [1.54, 1.807) is 0 Å². The maximum absolute atomic E-state index is 11.4. The van der Waals surface area contributed by atoms with E-state index < -0.39 is 38.1 Å². The van der Waals surface area contributed by atoms with Crippen LogP contribution in [0.5, 0.6) is 0 Å². The third kappa shape index (κ3) is 2.66. The minimum absolute atomic E-state index is 0.442. The summed E-state index contributed by atoms with van der Waals surface area (Å²) in [6.45, 7) is 0. The molecule has 0 radical (unpaired) electrons. The minimum atomic E-state index is -4.78. The second-order valence-electron chi connectivity index (χ2n) is 3.14. The van der Waals surface area contributed by atoms with E-state index in [4.69, 9.17) is 4.55 Å². The van der Waals surface area contributed by atoms with Gasteiger partial charge in [0, 0.05) is 0 Å². The normalized spacial score (nSPS) is 10.8. The largest absolute Gasteiger partial charge is 0.465 e. The molecule has 0 heterocycles. The Balaban J connectivity index is 3.66. The molecule has 0 fully saturated rings. The highest BCUT2D eigenvalue weighted by atomic mass is 32.2. The van der Waals surface area contributed by atoms with E-state index in [0.717, 1.165) is 26.4 Å². The van der Waals surface area contributed by atoms with Crippen molar-refractivity contribution in [2.45, 2.75) is 4.90 Å². The average Bonchev–Trinajstić information content (AvgIpc) is 2.34. The molecular weight excluding hydrogens is 264 g/mol. The molecule has 0 unspecified atom stereocenters. The molecule has 0 amide bonds. The average molecular weight is 274 g/mol. The molecule has 0 aliphatic carbocycles. The van der Waals surface area contributed by atoms with Gasteiger partial charge in [0.1, 0.15) is 4.90 Å². The number of esters is 2.